The molecule has 1 aliphatic rings. The summed E-state index contributed by atoms with van der Waals surface area (Å²) < 4.78 is 27.4. The zero-order valence-corrected chi connectivity index (χ0v) is 21.9. The highest BCUT2D eigenvalue weighted by Gasteiger charge is 2.22. The highest BCUT2D eigenvalue weighted by molar-refractivity contribution is 9.10. The molecule has 33 heavy (non-hydrogen) atoms. The van der Waals surface area contributed by atoms with Crippen molar-refractivity contribution in [3.63, 3.8) is 0 Å². The Kier molecular flexibility index (Phi) is 7.29. The summed E-state index contributed by atoms with van der Waals surface area (Å²) in [5.41, 5.74) is 1.99. The first-order chi connectivity index (χ1) is 15.7. The van der Waals surface area contributed by atoms with Crippen molar-refractivity contribution in [2.45, 2.75) is 44.7 Å². The zero-order chi connectivity index (χ0) is 23.8. The Labute approximate surface area is 207 Å². The molecule has 0 aliphatic carbocycles. The van der Waals surface area contributed by atoms with Crippen molar-refractivity contribution >= 4 is 48.3 Å². The van der Waals surface area contributed by atoms with Gasteiger partial charge in [0.25, 0.3) is 5.56 Å². The molecule has 1 fully saturated rings. The summed E-state index contributed by atoms with van der Waals surface area (Å²) in [6, 6.07) is 8.44. The number of aromatic nitrogens is 2. The lowest BCUT2D eigenvalue weighted by Gasteiger charge is -2.17. The minimum atomic E-state index is -3.46. The molecule has 2 heterocycles. The van der Waals surface area contributed by atoms with Crippen LogP contribution in [0.15, 0.2) is 50.8 Å². The molecule has 2 aromatic carbocycles. The molecule has 0 N–H and O–H groups in total. The SMILES string of the molecule is CC[C@@H]1CCN(Cc2cc3ncn(Cc4cc(Cl)ccc4S(=O)(=O)CC)c(=O)c3cc2Br)C1. The van der Waals surface area contributed by atoms with E-state index < -0.39 is 9.84 Å². The first-order valence-electron chi connectivity index (χ1n) is 11.1. The third-order valence-electron chi connectivity index (χ3n) is 6.41. The topological polar surface area (TPSA) is 72.3 Å². The molecular weight excluding hydrogens is 526 g/mol. The average Bonchev–Trinajstić information content (AvgIpc) is 3.24. The van der Waals surface area contributed by atoms with Crippen molar-refractivity contribution in [3.05, 3.63) is 67.6 Å². The molecule has 1 aliphatic heterocycles. The number of fused-ring (bicyclic) bond motifs is 1. The van der Waals surface area contributed by atoms with E-state index >= 15 is 0 Å². The van der Waals surface area contributed by atoms with E-state index in [-0.39, 0.29) is 22.8 Å². The monoisotopic (exact) mass is 551 g/mol. The van der Waals surface area contributed by atoms with E-state index in [0.29, 0.717) is 21.5 Å². The molecule has 0 saturated carbocycles. The van der Waals surface area contributed by atoms with Crippen molar-refractivity contribution in [1.82, 2.24) is 14.5 Å². The van der Waals surface area contributed by atoms with Gasteiger partial charge in [0.15, 0.2) is 9.84 Å². The summed E-state index contributed by atoms with van der Waals surface area (Å²) in [5.74, 6) is 0.723. The van der Waals surface area contributed by atoms with E-state index in [9.17, 15) is 13.2 Å². The van der Waals surface area contributed by atoms with Gasteiger partial charge in [0.05, 0.1) is 34.4 Å². The summed E-state index contributed by atoms with van der Waals surface area (Å²) in [6.07, 6.45) is 3.91. The number of benzene rings is 2. The molecule has 176 valence electrons. The van der Waals surface area contributed by atoms with E-state index in [1.807, 2.05) is 12.1 Å². The second-order valence-corrected chi connectivity index (χ2v) is 12.1. The van der Waals surface area contributed by atoms with Crippen LogP contribution in [-0.4, -0.2) is 41.7 Å². The molecule has 0 radical (unpaired) electrons. The largest absolute Gasteiger partial charge is 0.299 e. The molecule has 1 saturated heterocycles. The third kappa shape index (κ3) is 5.19. The number of nitrogens with zero attached hydrogens (tertiary/aromatic N) is 3. The van der Waals surface area contributed by atoms with Crippen LogP contribution in [0.2, 0.25) is 5.02 Å². The molecule has 1 atom stereocenters. The van der Waals surface area contributed by atoms with E-state index in [4.69, 9.17) is 11.6 Å². The molecule has 0 unspecified atom stereocenters. The van der Waals surface area contributed by atoms with Gasteiger partial charge >= 0.3 is 0 Å². The summed E-state index contributed by atoms with van der Waals surface area (Å²) >= 11 is 9.77. The van der Waals surface area contributed by atoms with Crippen molar-refractivity contribution in [2.75, 3.05) is 18.8 Å². The molecule has 9 heteroatoms. The van der Waals surface area contributed by atoms with E-state index in [0.717, 1.165) is 35.6 Å². The van der Waals surface area contributed by atoms with Crippen molar-refractivity contribution in [3.8, 4) is 0 Å². The number of rotatable bonds is 7. The van der Waals surface area contributed by atoms with Crippen LogP contribution >= 0.6 is 27.5 Å². The fourth-order valence-corrected chi connectivity index (χ4v) is 6.17. The summed E-state index contributed by atoms with van der Waals surface area (Å²) in [7, 11) is -3.46. The maximum Gasteiger partial charge on any atom is 0.261 e. The molecular formula is C24H27BrClN3O3S. The first-order valence-corrected chi connectivity index (χ1v) is 13.9. The Morgan fingerprint density at radius 3 is 2.64 bits per heavy atom. The lowest BCUT2D eigenvalue weighted by atomic mass is 10.1. The standard InChI is InChI=1S/C24H27BrClN3O3S/c1-3-16-7-8-28(12-16)13-17-10-22-20(11-21(17)25)24(30)29(15-27-22)14-18-9-19(26)5-6-23(18)33(31,32)4-2/h5-6,9-11,15-16H,3-4,7-8,12-14H2,1-2H3/t16-/m1/s1. The molecule has 6 nitrogen and oxygen atoms in total. The van der Waals surface area contributed by atoms with Crippen LogP contribution < -0.4 is 5.56 Å². The fourth-order valence-electron chi connectivity index (χ4n) is 4.40. The fraction of sp³-hybridized carbons (Fsp3) is 0.417. The molecule has 0 bridgehead atoms. The van der Waals surface area contributed by atoms with E-state index in [1.165, 1.54) is 29.8 Å². The quantitative estimate of drug-likeness (QED) is 0.417. The Bertz CT molecular complexity index is 1360. The van der Waals surface area contributed by atoms with E-state index in [2.05, 4.69) is 32.7 Å². The van der Waals surface area contributed by atoms with Gasteiger partial charge in [-0.25, -0.2) is 13.4 Å². The predicted octanol–water partition coefficient (Wildman–Crippen LogP) is 4.89. The van der Waals surface area contributed by atoms with Gasteiger partial charge in [-0.1, -0.05) is 47.8 Å². The Balaban J connectivity index is 1.67. The normalized spacial score (nSPS) is 17.2. The smallest absolute Gasteiger partial charge is 0.261 e. The van der Waals surface area contributed by atoms with Crippen LogP contribution in [0.4, 0.5) is 0 Å². The maximum absolute atomic E-state index is 13.2. The molecule has 1 aromatic heterocycles. The minimum Gasteiger partial charge on any atom is -0.299 e. The van der Waals surface area contributed by atoms with Crippen LogP contribution in [0.25, 0.3) is 10.9 Å². The summed E-state index contributed by atoms with van der Waals surface area (Å²) in [6.45, 7) is 6.90. The minimum absolute atomic E-state index is 0.0295. The zero-order valence-electron chi connectivity index (χ0n) is 18.7. The number of likely N-dealkylation sites (tertiary alicyclic amines) is 1. The van der Waals surface area contributed by atoms with E-state index in [1.54, 1.807) is 19.1 Å². The number of hydrogen-bond acceptors (Lipinski definition) is 5. The first kappa shape index (κ1) is 24.4. The highest BCUT2D eigenvalue weighted by atomic mass is 79.9. The van der Waals surface area contributed by atoms with Gasteiger partial charge in [0, 0.05) is 22.6 Å². The molecule has 3 aromatic rings. The van der Waals surface area contributed by atoms with Gasteiger partial charge < -0.3 is 0 Å². The lowest BCUT2D eigenvalue weighted by molar-refractivity contribution is 0.315. The van der Waals surface area contributed by atoms with Crippen LogP contribution in [0, 0.1) is 5.92 Å². The van der Waals surface area contributed by atoms with Crippen molar-refractivity contribution in [1.29, 1.82) is 0 Å². The van der Waals surface area contributed by atoms with Crippen molar-refractivity contribution in [2.24, 2.45) is 5.92 Å². The number of hydrogen-bond donors (Lipinski definition) is 0. The molecule has 4 rings (SSSR count). The molecule has 0 amide bonds. The highest BCUT2D eigenvalue weighted by Crippen LogP contribution is 2.27. The summed E-state index contributed by atoms with van der Waals surface area (Å²) in [5, 5.41) is 0.907. The number of halogens is 2. The van der Waals surface area contributed by atoms with Gasteiger partial charge in [0.2, 0.25) is 0 Å². The van der Waals surface area contributed by atoms with Gasteiger partial charge in [-0.2, -0.15) is 0 Å². The molecule has 0 spiro atoms. The van der Waals surface area contributed by atoms with Crippen LogP contribution in [0.5, 0.6) is 0 Å². The summed E-state index contributed by atoms with van der Waals surface area (Å²) in [4.78, 5) is 20.4. The number of sulfone groups is 1. The van der Waals surface area contributed by atoms with Gasteiger partial charge in [-0.3, -0.25) is 14.3 Å². The third-order valence-corrected chi connectivity index (χ3v) is 9.21. The van der Waals surface area contributed by atoms with Gasteiger partial charge in [-0.05, 0) is 60.3 Å². The van der Waals surface area contributed by atoms with Crippen LogP contribution in [0.1, 0.15) is 37.8 Å². The second kappa shape index (κ2) is 9.86. The average molecular weight is 553 g/mol. The Hall–Kier alpha value is -1.74. The van der Waals surface area contributed by atoms with Crippen LogP contribution in [-0.2, 0) is 22.9 Å². The second-order valence-electron chi connectivity index (χ2n) is 8.59. The maximum atomic E-state index is 13.2. The Morgan fingerprint density at radius 2 is 1.94 bits per heavy atom. The van der Waals surface area contributed by atoms with Gasteiger partial charge in [-0.15, -0.1) is 0 Å². The lowest BCUT2D eigenvalue weighted by Crippen LogP contribution is -2.23. The Morgan fingerprint density at radius 1 is 1.15 bits per heavy atom. The predicted molar refractivity (Wildman–Crippen MR) is 136 cm³/mol. The van der Waals surface area contributed by atoms with Crippen LogP contribution in [0.3, 0.4) is 0 Å². The van der Waals surface area contributed by atoms with Crippen molar-refractivity contribution < 1.29 is 8.42 Å². The van der Waals surface area contributed by atoms with Gasteiger partial charge in [0.1, 0.15) is 0 Å².